The number of carbonyl (C=O) groups excluding carboxylic acids is 1. The van der Waals surface area contributed by atoms with Crippen LogP contribution in [0.5, 0.6) is 0 Å². The summed E-state index contributed by atoms with van der Waals surface area (Å²) in [6, 6.07) is 20.8. The average molecular weight is 396 g/mol. The Kier molecular flexibility index (Phi) is 7.85. The highest BCUT2D eigenvalue weighted by Gasteiger charge is 2.21. The highest BCUT2D eigenvalue weighted by atomic mass is 32.1. The van der Waals surface area contributed by atoms with Crippen molar-refractivity contribution in [1.82, 2.24) is 15.5 Å². The van der Waals surface area contributed by atoms with E-state index in [0.717, 1.165) is 50.4 Å². The predicted octanol–water partition coefficient (Wildman–Crippen LogP) is 3.32. The van der Waals surface area contributed by atoms with E-state index in [0.29, 0.717) is 6.42 Å². The summed E-state index contributed by atoms with van der Waals surface area (Å²) in [5.41, 5.74) is 2.52. The van der Waals surface area contributed by atoms with Gasteiger partial charge in [0.15, 0.2) is 5.11 Å². The quantitative estimate of drug-likeness (QED) is 0.706. The van der Waals surface area contributed by atoms with Gasteiger partial charge >= 0.3 is 0 Å². The number of hydrogen-bond donors (Lipinski definition) is 2. The maximum atomic E-state index is 12.2. The van der Waals surface area contributed by atoms with Crippen LogP contribution in [0.25, 0.3) is 0 Å². The third-order valence-electron chi connectivity index (χ3n) is 5.16. The van der Waals surface area contributed by atoms with Crippen molar-refractivity contribution in [2.75, 3.05) is 19.6 Å². The van der Waals surface area contributed by atoms with Crippen LogP contribution in [0.4, 0.5) is 0 Å². The van der Waals surface area contributed by atoms with E-state index < -0.39 is 0 Å². The molecule has 0 bridgehead atoms. The monoisotopic (exact) mass is 395 g/mol. The highest BCUT2D eigenvalue weighted by Crippen LogP contribution is 2.11. The first-order chi connectivity index (χ1) is 13.7. The molecule has 4 nitrogen and oxygen atoms in total. The Morgan fingerprint density at radius 3 is 2.11 bits per heavy atom. The van der Waals surface area contributed by atoms with Crippen LogP contribution in [0.2, 0.25) is 0 Å². The van der Waals surface area contributed by atoms with E-state index in [4.69, 9.17) is 12.2 Å². The van der Waals surface area contributed by atoms with Gasteiger partial charge in [-0.3, -0.25) is 4.79 Å². The van der Waals surface area contributed by atoms with Gasteiger partial charge in [0.25, 0.3) is 0 Å². The van der Waals surface area contributed by atoms with E-state index in [1.807, 2.05) is 24.3 Å². The second-order valence-corrected chi connectivity index (χ2v) is 7.67. The molecule has 0 radical (unpaired) electrons. The minimum atomic E-state index is 0.144. The molecule has 1 aliphatic heterocycles. The molecule has 1 saturated heterocycles. The van der Waals surface area contributed by atoms with Gasteiger partial charge in [0.05, 0.1) is 0 Å². The van der Waals surface area contributed by atoms with E-state index >= 15 is 0 Å². The van der Waals surface area contributed by atoms with Crippen molar-refractivity contribution in [2.24, 2.45) is 0 Å². The number of nitrogens with one attached hydrogen (secondary N) is 2. The van der Waals surface area contributed by atoms with Gasteiger partial charge in [-0.15, -0.1) is 0 Å². The summed E-state index contributed by atoms with van der Waals surface area (Å²) in [5.74, 6) is 0.144. The van der Waals surface area contributed by atoms with Crippen LogP contribution >= 0.6 is 12.2 Å². The lowest BCUT2D eigenvalue weighted by Crippen LogP contribution is -2.49. The number of carbonyl (C=O) groups is 1. The Labute approximate surface area is 173 Å². The maximum Gasteiger partial charge on any atom is 0.220 e. The molecule has 148 valence electrons. The lowest BCUT2D eigenvalue weighted by molar-refractivity contribution is -0.122. The van der Waals surface area contributed by atoms with Crippen molar-refractivity contribution in [1.29, 1.82) is 0 Å². The van der Waals surface area contributed by atoms with Crippen molar-refractivity contribution in [3.05, 3.63) is 71.8 Å². The second kappa shape index (κ2) is 10.8. The molecule has 0 aliphatic carbocycles. The van der Waals surface area contributed by atoms with Gasteiger partial charge in [-0.05, 0) is 49.0 Å². The van der Waals surface area contributed by atoms with E-state index in [1.54, 1.807) is 0 Å². The molecule has 1 heterocycles. The fourth-order valence-corrected chi connectivity index (χ4v) is 3.78. The summed E-state index contributed by atoms with van der Waals surface area (Å²) in [6.07, 6.45) is 4.19. The van der Waals surface area contributed by atoms with Crippen molar-refractivity contribution in [3.8, 4) is 0 Å². The zero-order valence-corrected chi connectivity index (χ0v) is 17.1. The number of aryl methyl sites for hydroxylation is 1. The standard InChI is InChI=1S/C23H29N3OS/c27-22(12-11-19-7-3-1-4-8-19)25-21-14-17-26(18-15-21)23(28)24-16-13-20-9-5-2-6-10-20/h1-10,21H,11-18H2,(H,24,28)(H,25,27). The zero-order chi connectivity index (χ0) is 19.6. The van der Waals surface area contributed by atoms with Crippen molar-refractivity contribution in [3.63, 3.8) is 0 Å². The molecule has 0 atom stereocenters. The second-order valence-electron chi connectivity index (χ2n) is 7.28. The molecule has 3 rings (SSSR count). The van der Waals surface area contributed by atoms with E-state index in [2.05, 4.69) is 51.9 Å². The van der Waals surface area contributed by atoms with Crippen LogP contribution < -0.4 is 10.6 Å². The van der Waals surface area contributed by atoms with E-state index in [-0.39, 0.29) is 11.9 Å². The SMILES string of the molecule is O=C(CCc1ccccc1)NC1CCN(C(=S)NCCc2ccccc2)CC1. The van der Waals surface area contributed by atoms with Gasteiger partial charge in [-0.1, -0.05) is 60.7 Å². The van der Waals surface area contributed by atoms with Crippen LogP contribution in [-0.2, 0) is 17.6 Å². The Morgan fingerprint density at radius 2 is 1.50 bits per heavy atom. The lowest BCUT2D eigenvalue weighted by Gasteiger charge is -2.34. The Morgan fingerprint density at radius 1 is 0.929 bits per heavy atom. The van der Waals surface area contributed by atoms with Gasteiger partial charge in [0.1, 0.15) is 0 Å². The number of likely N-dealkylation sites (tertiary alicyclic amines) is 1. The van der Waals surface area contributed by atoms with Gasteiger partial charge in [0.2, 0.25) is 5.91 Å². The molecule has 2 aromatic rings. The minimum Gasteiger partial charge on any atom is -0.362 e. The molecule has 0 aromatic heterocycles. The summed E-state index contributed by atoms with van der Waals surface area (Å²) in [7, 11) is 0. The van der Waals surface area contributed by atoms with Gasteiger partial charge < -0.3 is 15.5 Å². The summed E-state index contributed by atoms with van der Waals surface area (Å²) < 4.78 is 0. The molecule has 2 N–H and O–H groups in total. The van der Waals surface area contributed by atoms with Crippen LogP contribution in [-0.4, -0.2) is 41.6 Å². The van der Waals surface area contributed by atoms with Gasteiger partial charge in [0, 0.05) is 32.1 Å². The summed E-state index contributed by atoms with van der Waals surface area (Å²) in [5, 5.41) is 7.37. The number of thiocarbonyl (C=S) groups is 1. The summed E-state index contributed by atoms with van der Waals surface area (Å²) in [4.78, 5) is 14.4. The molecule has 1 aliphatic rings. The Hall–Kier alpha value is -2.40. The van der Waals surface area contributed by atoms with Crippen molar-refractivity contribution >= 4 is 23.2 Å². The smallest absolute Gasteiger partial charge is 0.220 e. The molecule has 0 spiro atoms. The average Bonchev–Trinajstić information content (AvgIpc) is 2.74. The third-order valence-corrected chi connectivity index (χ3v) is 5.57. The van der Waals surface area contributed by atoms with Crippen LogP contribution in [0.3, 0.4) is 0 Å². The number of piperidine rings is 1. The fourth-order valence-electron chi connectivity index (χ4n) is 3.50. The molecule has 1 fully saturated rings. The van der Waals surface area contributed by atoms with Crippen LogP contribution in [0, 0.1) is 0 Å². The number of rotatable bonds is 7. The van der Waals surface area contributed by atoms with E-state index in [1.165, 1.54) is 11.1 Å². The number of hydrogen-bond acceptors (Lipinski definition) is 2. The molecule has 0 saturated carbocycles. The first-order valence-electron chi connectivity index (χ1n) is 10.1. The molecule has 2 aromatic carbocycles. The minimum absolute atomic E-state index is 0.144. The predicted molar refractivity (Wildman–Crippen MR) is 118 cm³/mol. The fraction of sp³-hybridized carbons (Fsp3) is 0.391. The molecule has 1 amide bonds. The number of amides is 1. The Balaban J connectivity index is 1.31. The normalized spacial score (nSPS) is 14.5. The third kappa shape index (κ3) is 6.64. The van der Waals surface area contributed by atoms with Crippen LogP contribution in [0.1, 0.15) is 30.4 Å². The molecule has 28 heavy (non-hydrogen) atoms. The number of nitrogens with zero attached hydrogens (tertiary/aromatic N) is 1. The topological polar surface area (TPSA) is 44.4 Å². The zero-order valence-electron chi connectivity index (χ0n) is 16.3. The maximum absolute atomic E-state index is 12.2. The molecular weight excluding hydrogens is 366 g/mol. The molecular formula is C23H29N3OS. The van der Waals surface area contributed by atoms with Crippen LogP contribution in [0.15, 0.2) is 60.7 Å². The van der Waals surface area contributed by atoms with Gasteiger partial charge in [-0.25, -0.2) is 0 Å². The lowest BCUT2D eigenvalue weighted by atomic mass is 10.0. The summed E-state index contributed by atoms with van der Waals surface area (Å²) >= 11 is 5.54. The van der Waals surface area contributed by atoms with E-state index in [9.17, 15) is 4.79 Å². The van der Waals surface area contributed by atoms with Gasteiger partial charge in [-0.2, -0.15) is 0 Å². The molecule has 5 heteroatoms. The molecule has 0 unspecified atom stereocenters. The van der Waals surface area contributed by atoms with Crippen molar-refractivity contribution in [2.45, 2.75) is 38.1 Å². The summed E-state index contributed by atoms with van der Waals surface area (Å²) in [6.45, 7) is 2.63. The Bertz CT molecular complexity index is 743. The first-order valence-corrected chi connectivity index (χ1v) is 10.5. The number of benzene rings is 2. The highest BCUT2D eigenvalue weighted by molar-refractivity contribution is 7.80. The first kappa shape index (κ1) is 20.3. The van der Waals surface area contributed by atoms with Crippen molar-refractivity contribution < 1.29 is 4.79 Å². The largest absolute Gasteiger partial charge is 0.362 e.